The first-order valence-corrected chi connectivity index (χ1v) is 7.44. The lowest BCUT2D eigenvalue weighted by molar-refractivity contribution is -0.141. The fourth-order valence-corrected chi connectivity index (χ4v) is 2.67. The van der Waals surface area contributed by atoms with Crippen molar-refractivity contribution in [1.82, 2.24) is 14.6 Å². The summed E-state index contributed by atoms with van der Waals surface area (Å²) in [6, 6.07) is 1.89. The molecule has 3 rings (SSSR count). The second kappa shape index (κ2) is 5.78. The van der Waals surface area contributed by atoms with Crippen LogP contribution in [0.2, 0.25) is 0 Å². The van der Waals surface area contributed by atoms with E-state index in [9.17, 15) is 4.79 Å². The monoisotopic (exact) mass is 338 g/mol. The van der Waals surface area contributed by atoms with Crippen molar-refractivity contribution in [2.24, 2.45) is 5.92 Å². The highest BCUT2D eigenvalue weighted by Crippen LogP contribution is 2.20. The Bertz CT molecular complexity index is 628. The molecule has 1 fully saturated rings. The Balaban J connectivity index is 1.52. The number of fused-ring (bicyclic) bond motifs is 1. The van der Waals surface area contributed by atoms with Crippen LogP contribution in [0.4, 0.5) is 5.82 Å². The predicted molar refractivity (Wildman–Crippen MR) is 77.5 cm³/mol. The van der Waals surface area contributed by atoms with Crippen LogP contribution in [-0.2, 0) is 9.53 Å². The maximum absolute atomic E-state index is 11.3. The largest absolute Gasteiger partial charge is 0.465 e. The van der Waals surface area contributed by atoms with Gasteiger partial charge in [-0.15, -0.1) is 0 Å². The van der Waals surface area contributed by atoms with Crippen molar-refractivity contribution in [2.45, 2.75) is 19.3 Å². The molecule has 3 heterocycles. The first-order valence-electron chi connectivity index (χ1n) is 6.64. The highest BCUT2D eigenvalue weighted by molar-refractivity contribution is 9.10. The standard InChI is InChI=1S/C13H15BrN4O2/c14-10-8-16-18-6-3-11(17-12(10)18)15-5-1-2-9-4-7-20-13(9)19/h3,6,8-9H,1-2,4-5,7H2,(H,15,17). The van der Waals surface area contributed by atoms with Crippen LogP contribution in [0.1, 0.15) is 19.3 Å². The average Bonchev–Trinajstić information content (AvgIpc) is 3.02. The summed E-state index contributed by atoms with van der Waals surface area (Å²) in [6.45, 7) is 1.36. The third kappa shape index (κ3) is 2.77. The number of carbonyl (C=O) groups is 1. The smallest absolute Gasteiger partial charge is 0.309 e. The molecule has 0 amide bonds. The van der Waals surface area contributed by atoms with E-state index < -0.39 is 0 Å². The number of rotatable bonds is 5. The Kier molecular flexibility index (Phi) is 3.86. The van der Waals surface area contributed by atoms with Gasteiger partial charge in [0.25, 0.3) is 0 Å². The summed E-state index contributed by atoms with van der Waals surface area (Å²) in [5, 5.41) is 7.41. The van der Waals surface area contributed by atoms with Crippen LogP contribution in [0, 0.1) is 5.92 Å². The van der Waals surface area contributed by atoms with Gasteiger partial charge in [-0.25, -0.2) is 9.50 Å². The molecule has 1 aliphatic heterocycles. The van der Waals surface area contributed by atoms with Crippen LogP contribution < -0.4 is 5.32 Å². The zero-order valence-electron chi connectivity index (χ0n) is 10.9. The fraction of sp³-hybridized carbons (Fsp3) is 0.462. The Morgan fingerprint density at radius 2 is 2.45 bits per heavy atom. The van der Waals surface area contributed by atoms with Crippen molar-refractivity contribution < 1.29 is 9.53 Å². The van der Waals surface area contributed by atoms with Crippen LogP contribution in [0.3, 0.4) is 0 Å². The van der Waals surface area contributed by atoms with E-state index in [1.807, 2.05) is 12.3 Å². The van der Waals surface area contributed by atoms with Crippen molar-refractivity contribution in [3.05, 3.63) is 22.9 Å². The van der Waals surface area contributed by atoms with Gasteiger partial charge in [-0.3, -0.25) is 4.79 Å². The van der Waals surface area contributed by atoms with Gasteiger partial charge in [-0.1, -0.05) is 0 Å². The summed E-state index contributed by atoms with van der Waals surface area (Å²) in [6.07, 6.45) is 6.23. The molecule has 1 aliphatic rings. The number of nitrogens with one attached hydrogen (secondary N) is 1. The number of ether oxygens (including phenoxy) is 1. The summed E-state index contributed by atoms with van der Waals surface area (Å²) in [5.74, 6) is 0.844. The first kappa shape index (κ1) is 13.4. The lowest BCUT2D eigenvalue weighted by atomic mass is 10.0. The molecular weight excluding hydrogens is 324 g/mol. The molecule has 7 heteroatoms. The molecule has 1 atom stereocenters. The Hall–Kier alpha value is -1.63. The van der Waals surface area contributed by atoms with Gasteiger partial charge in [0, 0.05) is 12.7 Å². The summed E-state index contributed by atoms with van der Waals surface area (Å²) in [5.41, 5.74) is 0.786. The number of aromatic nitrogens is 3. The van der Waals surface area contributed by atoms with E-state index in [0.717, 1.165) is 41.7 Å². The SMILES string of the molecule is O=C1OCCC1CCCNc1ccn2ncc(Br)c2n1. The topological polar surface area (TPSA) is 68.5 Å². The van der Waals surface area contributed by atoms with Gasteiger partial charge in [0.1, 0.15) is 5.82 Å². The van der Waals surface area contributed by atoms with E-state index in [2.05, 4.69) is 31.3 Å². The third-order valence-corrected chi connectivity index (χ3v) is 3.96. The molecule has 0 saturated carbocycles. The van der Waals surface area contributed by atoms with Crippen LogP contribution in [0.25, 0.3) is 5.65 Å². The Labute approximate surface area is 124 Å². The number of hydrogen-bond donors (Lipinski definition) is 1. The Morgan fingerprint density at radius 3 is 3.25 bits per heavy atom. The lowest BCUT2D eigenvalue weighted by Gasteiger charge is -2.07. The van der Waals surface area contributed by atoms with E-state index in [0.29, 0.717) is 6.61 Å². The van der Waals surface area contributed by atoms with E-state index in [1.54, 1.807) is 10.7 Å². The van der Waals surface area contributed by atoms with Gasteiger partial charge < -0.3 is 10.1 Å². The molecule has 2 aromatic heterocycles. The normalized spacial score (nSPS) is 18.4. The van der Waals surface area contributed by atoms with E-state index in [4.69, 9.17) is 4.74 Å². The number of halogens is 1. The van der Waals surface area contributed by atoms with Gasteiger partial charge >= 0.3 is 5.97 Å². The fourth-order valence-electron chi connectivity index (χ4n) is 2.30. The molecule has 0 aromatic carbocycles. The van der Waals surface area contributed by atoms with Crippen molar-refractivity contribution in [2.75, 3.05) is 18.5 Å². The molecule has 0 aliphatic carbocycles. The molecule has 2 aromatic rings. The van der Waals surface area contributed by atoms with Gasteiger partial charge in [0.05, 0.1) is 23.2 Å². The average molecular weight is 339 g/mol. The number of cyclic esters (lactones) is 1. The minimum Gasteiger partial charge on any atom is -0.465 e. The zero-order chi connectivity index (χ0) is 13.9. The van der Waals surface area contributed by atoms with E-state index in [1.165, 1.54) is 0 Å². The highest BCUT2D eigenvalue weighted by Gasteiger charge is 2.25. The number of carbonyl (C=O) groups excluding carboxylic acids is 1. The minimum absolute atomic E-state index is 0.0484. The van der Waals surface area contributed by atoms with Gasteiger partial charge in [0.2, 0.25) is 0 Å². The van der Waals surface area contributed by atoms with Crippen LogP contribution in [0.15, 0.2) is 22.9 Å². The van der Waals surface area contributed by atoms with E-state index >= 15 is 0 Å². The van der Waals surface area contributed by atoms with Crippen molar-refractivity contribution in [3.63, 3.8) is 0 Å². The van der Waals surface area contributed by atoms with Crippen LogP contribution in [-0.4, -0.2) is 33.7 Å². The molecule has 6 nitrogen and oxygen atoms in total. The number of anilines is 1. The molecule has 20 heavy (non-hydrogen) atoms. The molecule has 1 saturated heterocycles. The van der Waals surface area contributed by atoms with Crippen molar-refractivity contribution in [3.8, 4) is 0 Å². The van der Waals surface area contributed by atoms with E-state index in [-0.39, 0.29) is 11.9 Å². The molecule has 1 N–H and O–H groups in total. The lowest BCUT2D eigenvalue weighted by Crippen LogP contribution is -2.11. The summed E-state index contributed by atoms with van der Waals surface area (Å²) in [7, 11) is 0. The third-order valence-electron chi connectivity index (χ3n) is 3.41. The van der Waals surface area contributed by atoms with Gasteiger partial charge in [0.15, 0.2) is 5.65 Å². The van der Waals surface area contributed by atoms with Gasteiger partial charge in [-0.05, 0) is 41.3 Å². The maximum atomic E-state index is 11.3. The van der Waals surface area contributed by atoms with Crippen LogP contribution >= 0.6 is 15.9 Å². The predicted octanol–water partition coefficient (Wildman–Crippen LogP) is 2.25. The quantitative estimate of drug-likeness (QED) is 0.668. The molecule has 1 unspecified atom stereocenters. The molecule has 0 radical (unpaired) electrons. The second-order valence-corrected chi connectivity index (χ2v) is 5.65. The highest BCUT2D eigenvalue weighted by atomic mass is 79.9. The summed E-state index contributed by atoms with van der Waals surface area (Å²) >= 11 is 3.41. The molecule has 106 valence electrons. The summed E-state index contributed by atoms with van der Waals surface area (Å²) < 4.78 is 7.53. The summed E-state index contributed by atoms with van der Waals surface area (Å²) in [4.78, 5) is 15.8. The zero-order valence-corrected chi connectivity index (χ0v) is 12.5. The van der Waals surface area contributed by atoms with Crippen molar-refractivity contribution >= 4 is 33.4 Å². The van der Waals surface area contributed by atoms with Crippen LogP contribution in [0.5, 0.6) is 0 Å². The number of hydrogen-bond acceptors (Lipinski definition) is 5. The molecule has 0 spiro atoms. The van der Waals surface area contributed by atoms with Gasteiger partial charge in [-0.2, -0.15) is 5.10 Å². The molecule has 0 bridgehead atoms. The first-order chi connectivity index (χ1) is 9.74. The number of esters is 1. The second-order valence-electron chi connectivity index (χ2n) is 4.80. The number of nitrogens with zero attached hydrogens (tertiary/aromatic N) is 3. The van der Waals surface area contributed by atoms with Crippen molar-refractivity contribution in [1.29, 1.82) is 0 Å². The Morgan fingerprint density at radius 1 is 1.55 bits per heavy atom. The minimum atomic E-state index is -0.0484. The molecular formula is C13H15BrN4O2. The maximum Gasteiger partial charge on any atom is 0.309 e.